The van der Waals surface area contributed by atoms with Crippen LogP contribution in [0.15, 0.2) is 47.4 Å². The molecule has 0 bridgehead atoms. The van der Waals surface area contributed by atoms with Gasteiger partial charge in [-0.25, -0.2) is 9.59 Å². The summed E-state index contributed by atoms with van der Waals surface area (Å²) >= 11 is 0. The number of nitrogens with two attached hydrogens (primary N) is 1. The molecule has 1 aromatic carbocycles. The topological polar surface area (TPSA) is 120 Å². The van der Waals surface area contributed by atoms with Crippen molar-refractivity contribution in [2.24, 2.45) is 11.8 Å². The molecular weight excluding hydrogens is 360 g/mol. The number of carbonyl (C=O) groups excluding carboxylic acids is 1. The number of nitrogen functional groups attached to an aromatic ring is 1. The minimum Gasteiger partial charge on any atom is -0.452 e. The Morgan fingerprint density at radius 1 is 1.36 bits per heavy atom. The van der Waals surface area contributed by atoms with Crippen LogP contribution in [0, 0.1) is 23.2 Å². The first-order valence-electron chi connectivity index (χ1n) is 9.01. The Kier molecular flexibility index (Phi) is 5.21. The number of ether oxygens (including phenoxy) is 2. The Balaban J connectivity index is 2.08. The summed E-state index contributed by atoms with van der Waals surface area (Å²) < 4.78 is 12.9. The van der Waals surface area contributed by atoms with Crippen LogP contribution in [0.2, 0.25) is 0 Å². The lowest BCUT2D eigenvalue weighted by Gasteiger charge is -2.29. The number of hydrogen-bond acceptors (Lipinski definition) is 7. The van der Waals surface area contributed by atoms with Crippen molar-refractivity contribution in [3.05, 3.63) is 58.6 Å². The van der Waals surface area contributed by atoms with Gasteiger partial charge in [-0.05, 0) is 24.1 Å². The van der Waals surface area contributed by atoms with Crippen molar-refractivity contribution in [1.29, 1.82) is 5.26 Å². The number of rotatable bonds is 4. The van der Waals surface area contributed by atoms with Gasteiger partial charge in [-0.2, -0.15) is 10.2 Å². The second kappa shape index (κ2) is 7.44. The average Bonchev–Trinajstić information content (AvgIpc) is 2.96. The Hall–Kier alpha value is -3.18. The van der Waals surface area contributed by atoms with E-state index in [0.29, 0.717) is 5.56 Å². The first-order chi connectivity index (χ1) is 13.3. The highest BCUT2D eigenvalue weighted by Gasteiger charge is 2.59. The molecule has 1 saturated heterocycles. The third kappa shape index (κ3) is 3.25. The number of aromatic nitrogens is 2. The molecule has 8 nitrogen and oxygen atoms in total. The van der Waals surface area contributed by atoms with E-state index in [1.165, 1.54) is 12.3 Å². The van der Waals surface area contributed by atoms with Gasteiger partial charge < -0.3 is 15.2 Å². The average molecular weight is 382 g/mol. The number of hydrogen-bond donors (Lipinski definition) is 1. The SMILES string of the molecule is CC(C)[C@H]1O[C@@](C#N)(n2ccc(N)nc2=O)[C@H](OC(=O)c2ccccc2)[C@@H]1C. The molecule has 3 rings (SSSR count). The van der Waals surface area contributed by atoms with Gasteiger partial charge in [0, 0.05) is 12.1 Å². The van der Waals surface area contributed by atoms with Crippen molar-refractivity contribution < 1.29 is 14.3 Å². The van der Waals surface area contributed by atoms with Gasteiger partial charge in [-0.1, -0.05) is 39.0 Å². The predicted octanol–water partition coefficient (Wildman–Crippen LogP) is 1.92. The van der Waals surface area contributed by atoms with Gasteiger partial charge in [0.15, 0.2) is 6.10 Å². The molecule has 2 heterocycles. The standard InChI is InChI=1S/C20H22N4O4/c1-12(2)16-13(3)17(27-18(25)14-7-5-4-6-8-14)20(11-21,28-16)24-10-9-15(22)23-19(24)26/h4-10,12-13,16-17H,1-3H3,(H2,22,23,26)/t13-,16-,17-,20-/m1/s1. The summed E-state index contributed by atoms with van der Waals surface area (Å²) in [7, 11) is 0. The molecule has 0 aliphatic carbocycles. The molecule has 0 spiro atoms. The van der Waals surface area contributed by atoms with E-state index < -0.39 is 29.6 Å². The lowest BCUT2D eigenvalue weighted by molar-refractivity contribution is -0.113. The van der Waals surface area contributed by atoms with Crippen molar-refractivity contribution in [3.8, 4) is 6.07 Å². The van der Waals surface area contributed by atoms with Crippen molar-refractivity contribution in [2.75, 3.05) is 5.73 Å². The molecule has 28 heavy (non-hydrogen) atoms. The smallest absolute Gasteiger partial charge is 0.352 e. The lowest BCUT2D eigenvalue weighted by atomic mass is 9.89. The van der Waals surface area contributed by atoms with E-state index in [-0.39, 0.29) is 17.7 Å². The van der Waals surface area contributed by atoms with Crippen molar-refractivity contribution in [3.63, 3.8) is 0 Å². The Morgan fingerprint density at radius 3 is 2.61 bits per heavy atom. The van der Waals surface area contributed by atoms with Crippen molar-refractivity contribution in [1.82, 2.24) is 9.55 Å². The number of nitrogens with zero attached hydrogens (tertiary/aromatic N) is 3. The molecule has 146 valence electrons. The highest BCUT2D eigenvalue weighted by atomic mass is 16.6. The van der Waals surface area contributed by atoms with E-state index in [4.69, 9.17) is 15.2 Å². The van der Waals surface area contributed by atoms with E-state index in [1.807, 2.05) is 20.8 Å². The largest absolute Gasteiger partial charge is 0.452 e. The molecule has 2 aromatic rings. The molecule has 1 aromatic heterocycles. The van der Waals surface area contributed by atoms with Crippen LogP contribution in [0.3, 0.4) is 0 Å². The maximum Gasteiger partial charge on any atom is 0.352 e. The van der Waals surface area contributed by atoms with Gasteiger partial charge in [0.25, 0.3) is 5.72 Å². The predicted molar refractivity (Wildman–Crippen MR) is 101 cm³/mol. The van der Waals surface area contributed by atoms with Crippen molar-refractivity contribution in [2.45, 2.75) is 38.7 Å². The first-order valence-corrected chi connectivity index (χ1v) is 9.01. The summed E-state index contributed by atoms with van der Waals surface area (Å²) in [6, 6.07) is 11.9. The minimum atomic E-state index is -1.84. The summed E-state index contributed by atoms with van der Waals surface area (Å²) in [5.41, 5.74) is 3.33. The second-order valence-electron chi connectivity index (χ2n) is 7.19. The van der Waals surface area contributed by atoms with E-state index in [0.717, 1.165) is 4.57 Å². The van der Waals surface area contributed by atoms with Crippen molar-refractivity contribution >= 4 is 11.8 Å². The zero-order chi connectivity index (χ0) is 20.5. The molecule has 0 amide bonds. The maximum absolute atomic E-state index is 12.7. The molecule has 8 heteroatoms. The van der Waals surface area contributed by atoms with E-state index in [1.54, 1.807) is 30.3 Å². The van der Waals surface area contributed by atoms with Crippen LogP contribution in [-0.2, 0) is 15.2 Å². The summed E-state index contributed by atoms with van der Waals surface area (Å²) in [5.74, 6) is -0.877. The normalized spacial score (nSPS) is 26.8. The van der Waals surface area contributed by atoms with E-state index in [9.17, 15) is 14.9 Å². The quantitative estimate of drug-likeness (QED) is 0.802. The molecule has 0 unspecified atom stereocenters. The van der Waals surface area contributed by atoms with E-state index in [2.05, 4.69) is 11.1 Å². The van der Waals surface area contributed by atoms with E-state index >= 15 is 0 Å². The second-order valence-corrected chi connectivity index (χ2v) is 7.19. The molecule has 1 fully saturated rings. The molecule has 1 aliphatic rings. The number of nitriles is 1. The molecular formula is C20H22N4O4. The first kappa shape index (κ1) is 19.6. The van der Waals surface area contributed by atoms with Crippen LogP contribution >= 0.6 is 0 Å². The van der Waals surface area contributed by atoms with Crippen LogP contribution in [0.4, 0.5) is 5.82 Å². The minimum absolute atomic E-state index is 0.0265. The third-order valence-corrected chi connectivity index (χ3v) is 4.94. The third-order valence-electron chi connectivity index (χ3n) is 4.94. The van der Waals surface area contributed by atoms with Crippen LogP contribution in [0.25, 0.3) is 0 Å². The van der Waals surface area contributed by atoms with Crippen LogP contribution in [0.1, 0.15) is 31.1 Å². The van der Waals surface area contributed by atoms with Gasteiger partial charge in [0.2, 0.25) is 0 Å². The van der Waals surface area contributed by atoms with Gasteiger partial charge in [0.1, 0.15) is 11.9 Å². The fourth-order valence-corrected chi connectivity index (χ4v) is 3.61. The maximum atomic E-state index is 12.7. The van der Waals surface area contributed by atoms with Gasteiger partial charge >= 0.3 is 11.7 Å². The summed E-state index contributed by atoms with van der Waals surface area (Å²) in [6.45, 7) is 5.71. The zero-order valence-corrected chi connectivity index (χ0v) is 15.9. The Labute approximate surface area is 162 Å². The Bertz CT molecular complexity index is 966. The summed E-state index contributed by atoms with van der Waals surface area (Å²) in [4.78, 5) is 28.9. The highest BCUT2D eigenvalue weighted by molar-refractivity contribution is 5.89. The monoisotopic (exact) mass is 382 g/mol. The highest BCUT2D eigenvalue weighted by Crippen LogP contribution is 2.43. The summed E-state index contributed by atoms with van der Waals surface area (Å²) in [5, 5.41) is 10.0. The number of esters is 1. The lowest BCUT2D eigenvalue weighted by Crippen LogP contribution is -2.50. The fraction of sp³-hybridized carbons (Fsp3) is 0.400. The molecule has 1 aliphatic heterocycles. The van der Waals surface area contributed by atoms with Gasteiger partial charge in [-0.3, -0.25) is 4.57 Å². The van der Waals surface area contributed by atoms with Crippen LogP contribution in [0.5, 0.6) is 0 Å². The molecule has 4 atom stereocenters. The number of anilines is 1. The zero-order valence-electron chi connectivity index (χ0n) is 15.9. The molecule has 0 saturated carbocycles. The Morgan fingerprint density at radius 2 is 2.04 bits per heavy atom. The summed E-state index contributed by atoms with van der Waals surface area (Å²) in [6.07, 6.45) is -0.0782. The van der Waals surface area contributed by atoms with Gasteiger partial charge in [-0.15, -0.1) is 0 Å². The number of carbonyl (C=O) groups is 1. The number of benzene rings is 1. The van der Waals surface area contributed by atoms with Crippen LogP contribution in [-0.4, -0.2) is 27.7 Å². The molecule has 0 radical (unpaired) electrons. The fourth-order valence-electron chi connectivity index (χ4n) is 3.61. The molecule has 2 N–H and O–H groups in total. The van der Waals surface area contributed by atoms with Gasteiger partial charge in [0.05, 0.1) is 11.7 Å². The van der Waals surface area contributed by atoms with Crippen LogP contribution < -0.4 is 11.4 Å².